The maximum Gasteiger partial charge on any atom is 0.331 e. The average molecular weight is 206 g/mol. The number of nitrogens with one attached hydrogen (secondary N) is 1. The molecular formula is C11H14N2O2. The molecule has 1 rings (SSSR count). The third-order valence-electron chi connectivity index (χ3n) is 1.82. The van der Waals surface area contributed by atoms with Crippen LogP contribution in [0.25, 0.3) is 0 Å². The molecule has 1 N–H and O–H groups in total. The molecule has 0 radical (unpaired) electrons. The van der Waals surface area contributed by atoms with Crippen LogP contribution in [0, 0.1) is 0 Å². The minimum atomic E-state index is -0.358. The Bertz CT molecular complexity index is 323. The van der Waals surface area contributed by atoms with Gasteiger partial charge in [0.2, 0.25) is 0 Å². The molecule has 4 nitrogen and oxygen atoms in total. The molecule has 0 aliphatic rings. The van der Waals surface area contributed by atoms with Gasteiger partial charge in [0.05, 0.1) is 7.11 Å². The van der Waals surface area contributed by atoms with Crippen molar-refractivity contribution in [3.63, 3.8) is 0 Å². The Labute approximate surface area is 89.0 Å². The molecule has 0 aliphatic heterocycles. The molecule has 0 spiro atoms. The van der Waals surface area contributed by atoms with Crippen molar-refractivity contribution in [3.05, 3.63) is 42.4 Å². The highest BCUT2D eigenvalue weighted by Crippen LogP contribution is 1.95. The molecule has 0 saturated carbocycles. The number of nitrogens with zero attached hydrogens (tertiary/aromatic N) is 1. The monoisotopic (exact) mass is 206 g/mol. The van der Waals surface area contributed by atoms with Gasteiger partial charge in [-0.15, -0.1) is 0 Å². The number of hydrogen-bond acceptors (Lipinski definition) is 4. The lowest BCUT2D eigenvalue weighted by atomic mass is 10.2. The number of hydrogen-bond donors (Lipinski definition) is 1. The fraction of sp³-hybridized carbons (Fsp3) is 0.273. The van der Waals surface area contributed by atoms with Crippen molar-refractivity contribution in [1.82, 2.24) is 10.3 Å². The predicted molar refractivity (Wildman–Crippen MR) is 57.1 cm³/mol. The van der Waals surface area contributed by atoms with Gasteiger partial charge in [-0.3, -0.25) is 4.98 Å². The number of pyridine rings is 1. The van der Waals surface area contributed by atoms with Crippen LogP contribution in [0.15, 0.2) is 36.8 Å². The third-order valence-corrected chi connectivity index (χ3v) is 1.82. The second kappa shape index (κ2) is 6.59. The highest BCUT2D eigenvalue weighted by molar-refractivity contribution is 5.81. The van der Waals surface area contributed by atoms with Crippen LogP contribution >= 0.6 is 0 Å². The largest absolute Gasteiger partial charge is 0.466 e. The standard InChI is InChI=1S/C11H14N2O2/c1-15-11(14)5-8-12-7-4-10-3-2-6-13-9-10/h2-3,5-6,8-9,12H,4,7H2,1H3/b8-5+. The van der Waals surface area contributed by atoms with Crippen molar-refractivity contribution < 1.29 is 9.53 Å². The van der Waals surface area contributed by atoms with E-state index < -0.39 is 0 Å². The third kappa shape index (κ3) is 4.81. The van der Waals surface area contributed by atoms with Gasteiger partial charge < -0.3 is 10.1 Å². The molecule has 0 bridgehead atoms. The van der Waals surface area contributed by atoms with E-state index in [1.165, 1.54) is 13.2 Å². The Morgan fingerprint density at radius 3 is 3.20 bits per heavy atom. The van der Waals surface area contributed by atoms with E-state index in [0.717, 1.165) is 18.5 Å². The van der Waals surface area contributed by atoms with E-state index >= 15 is 0 Å². The quantitative estimate of drug-likeness (QED) is 0.442. The lowest BCUT2D eigenvalue weighted by Crippen LogP contribution is -2.10. The molecule has 0 saturated heterocycles. The Hall–Kier alpha value is -1.84. The Kier molecular flexibility index (Phi) is 4.94. The first kappa shape index (κ1) is 11.2. The van der Waals surface area contributed by atoms with Crippen molar-refractivity contribution in [2.24, 2.45) is 0 Å². The van der Waals surface area contributed by atoms with E-state index in [0.29, 0.717) is 0 Å². The molecule has 1 aromatic rings. The fourth-order valence-corrected chi connectivity index (χ4v) is 1.04. The molecule has 0 unspecified atom stereocenters. The molecule has 0 aliphatic carbocycles. The van der Waals surface area contributed by atoms with E-state index in [9.17, 15) is 4.79 Å². The first-order chi connectivity index (χ1) is 7.33. The number of aromatic nitrogens is 1. The zero-order chi connectivity index (χ0) is 10.9. The van der Waals surface area contributed by atoms with E-state index in [4.69, 9.17) is 0 Å². The Morgan fingerprint density at radius 1 is 1.67 bits per heavy atom. The van der Waals surface area contributed by atoms with Crippen LogP contribution in [0.3, 0.4) is 0 Å². The summed E-state index contributed by atoms with van der Waals surface area (Å²) in [7, 11) is 1.35. The normalized spacial score (nSPS) is 10.2. The molecule has 4 heteroatoms. The topological polar surface area (TPSA) is 51.2 Å². The molecule has 0 fully saturated rings. The van der Waals surface area contributed by atoms with Gasteiger partial charge in [0.25, 0.3) is 0 Å². The van der Waals surface area contributed by atoms with Crippen molar-refractivity contribution in [2.75, 3.05) is 13.7 Å². The van der Waals surface area contributed by atoms with Gasteiger partial charge in [0, 0.05) is 31.2 Å². The summed E-state index contributed by atoms with van der Waals surface area (Å²) in [6, 6.07) is 3.92. The lowest BCUT2D eigenvalue weighted by molar-refractivity contribution is -0.134. The predicted octanol–water partition coefficient (Wildman–Crippen LogP) is 0.900. The summed E-state index contributed by atoms with van der Waals surface area (Å²) in [4.78, 5) is 14.7. The van der Waals surface area contributed by atoms with Crippen LogP contribution in [0.2, 0.25) is 0 Å². The number of rotatable bonds is 5. The highest BCUT2D eigenvalue weighted by atomic mass is 16.5. The Balaban J connectivity index is 2.17. The zero-order valence-corrected chi connectivity index (χ0v) is 8.64. The second-order valence-electron chi connectivity index (χ2n) is 2.92. The molecule has 15 heavy (non-hydrogen) atoms. The van der Waals surface area contributed by atoms with Crippen LogP contribution in [0.4, 0.5) is 0 Å². The molecule has 1 heterocycles. The van der Waals surface area contributed by atoms with Crippen molar-refractivity contribution in [2.45, 2.75) is 6.42 Å². The Morgan fingerprint density at radius 2 is 2.53 bits per heavy atom. The number of esters is 1. The summed E-state index contributed by atoms with van der Waals surface area (Å²) in [5.41, 5.74) is 1.16. The van der Waals surface area contributed by atoms with Gasteiger partial charge in [-0.05, 0) is 18.1 Å². The highest BCUT2D eigenvalue weighted by Gasteiger charge is 1.91. The van der Waals surface area contributed by atoms with Crippen LogP contribution < -0.4 is 5.32 Å². The van der Waals surface area contributed by atoms with Crippen molar-refractivity contribution in [3.8, 4) is 0 Å². The van der Waals surface area contributed by atoms with Crippen LogP contribution in [-0.4, -0.2) is 24.6 Å². The zero-order valence-electron chi connectivity index (χ0n) is 8.64. The second-order valence-corrected chi connectivity index (χ2v) is 2.92. The summed E-state index contributed by atoms with van der Waals surface area (Å²) in [5.74, 6) is -0.358. The summed E-state index contributed by atoms with van der Waals surface area (Å²) < 4.78 is 4.44. The first-order valence-corrected chi connectivity index (χ1v) is 4.69. The fourth-order valence-electron chi connectivity index (χ4n) is 1.04. The van der Waals surface area contributed by atoms with Gasteiger partial charge in [-0.2, -0.15) is 0 Å². The van der Waals surface area contributed by atoms with E-state index in [-0.39, 0.29) is 5.97 Å². The number of methoxy groups -OCH3 is 1. The average Bonchev–Trinajstić information content (AvgIpc) is 2.29. The molecular weight excluding hydrogens is 192 g/mol. The van der Waals surface area contributed by atoms with E-state index in [2.05, 4.69) is 15.0 Å². The summed E-state index contributed by atoms with van der Waals surface area (Å²) in [5, 5.41) is 2.99. The smallest absolute Gasteiger partial charge is 0.331 e. The maximum absolute atomic E-state index is 10.7. The van der Waals surface area contributed by atoms with Crippen molar-refractivity contribution in [1.29, 1.82) is 0 Å². The number of ether oxygens (including phenoxy) is 1. The first-order valence-electron chi connectivity index (χ1n) is 4.69. The lowest BCUT2D eigenvalue weighted by Gasteiger charge is -2.00. The van der Waals surface area contributed by atoms with Crippen LogP contribution in [0.1, 0.15) is 5.56 Å². The maximum atomic E-state index is 10.7. The molecule has 0 amide bonds. The minimum absolute atomic E-state index is 0.358. The van der Waals surface area contributed by atoms with Gasteiger partial charge in [-0.25, -0.2) is 4.79 Å². The van der Waals surface area contributed by atoms with Crippen LogP contribution in [0.5, 0.6) is 0 Å². The summed E-state index contributed by atoms with van der Waals surface area (Å²) in [6.45, 7) is 0.763. The van der Waals surface area contributed by atoms with Gasteiger partial charge in [0.15, 0.2) is 0 Å². The van der Waals surface area contributed by atoms with Crippen LogP contribution in [-0.2, 0) is 16.0 Å². The minimum Gasteiger partial charge on any atom is -0.466 e. The molecule has 80 valence electrons. The van der Waals surface area contributed by atoms with Crippen molar-refractivity contribution >= 4 is 5.97 Å². The molecule has 0 atom stereocenters. The van der Waals surface area contributed by atoms with Gasteiger partial charge in [-0.1, -0.05) is 6.07 Å². The molecule has 1 aromatic heterocycles. The number of carbonyl (C=O) groups is 1. The summed E-state index contributed by atoms with van der Waals surface area (Å²) in [6.07, 6.45) is 7.38. The van der Waals surface area contributed by atoms with E-state index in [1.807, 2.05) is 18.3 Å². The van der Waals surface area contributed by atoms with E-state index in [1.54, 1.807) is 12.4 Å². The van der Waals surface area contributed by atoms with Gasteiger partial charge in [0.1, 0.15) is 0 Å². The number of carbonyl (C=O) groups excluding carboxylic acids is 1. The SMILES string of the molecule is COC(=O)/C=C/NCCc1cccnc1. The summed E-state index contributed by atoms with van der Waals surface area (Å²) >= 11 is 0. The van der Waals surface area contributed by atoms with Gasteiger partial charge >= 0.3 is 5.97 Å². The molecule has 0 aromatic carbocycles.